The van der Waals surface area contributed by atoms with Crippen molar-refractivity contribution in [2.75, 3.05) is 26.1 Å². The summed E-state index contributed by atoms with van der Waals surface area (Å²) in [5.41, 5.74) is 1.84. The molecule has 2 aromatic rings. The number of benzene rings is 2. The van der Waals surface area contributed by atoms with Gasteiger partial charge in [-0.3, -0.25) is 9.59 Å². The van der Waals surface area contributed by atoms with Gasteiger partial charge in [-0.1, -0.05) is 12.1 Å². The van der Waals surface area contributed by atoms with Gasteiger partial charge in [0.2, 0.25) is 0 Å². The summed E-state index contributed by atoms with van der Waals surface area (Å²) in [5.74, 6) is -0.628. The largest absolute Gasteiger partial charge is 0.497 e. The number of carbonyl (C=O) groups is 3. The molecule has 0 aromatic heterocycles. The van der Waals surface area contributed by atoms with E-state index in [4.69, 9.17) is 9.47 Å². The van der Waals surface area contributed by atoms with E-state index in [0.29, 0.717) is 17.7 Å². The third-order valence-corrected chi connectivity index (χ3v) is 3.73. The Balaban J connectivity index is 1.72. The van der Waals surface area contributed by atoms with Gasteiger partial charge in [0.1, 0.15) is 5.75 Å². The highest BCUT2D eigenvalue weighted by Crippen LogP contribution is 2.13. The fourth-order valence-electron chi connectivity index (χ4n) is 2.26. The molecule has 7 heteroatoms. The van der Waals surface area contributed by atoms with E-state index >= 15 is 0 Å². The number of aryl methyl sites for hydroxylation is 1. The van der Waals surface area contributed by atoms with Crippen LogP contribution in [0.15, 0.2) is 48.5 Å². The average Bonchev–Trinajstić information content (AvgIpc) is 2.71. The SMILES string of the molecule is COC(=O)c1ccc(NC(=O)COC(=O)CCc2ccc(OC)cc2)cc1. The van der Waals surface area contributed by atoms with Crippen molar-refractivity contribution in [2.24, 2.45) is 0 Å². The van der Waals surface area contributed by atoms with Crippen LogP contribution in [-0.2, 0) is 25.5 Å². The third kappa shape index (κ3) is 6.47. The Morgan fingerprint density at radius 3 is 2.19 bits per heavy atom. The fraction of sp³-hybridized carbons (Fsp3) is 0.250. The summed E-state index contributed by atoms with van der Waals surface area (Å²) in [4.78, 5) is 35.0. The minimum absolute atomic E-state index is 0.174. The van der Waals surface area contributed by atoms with Crippen molar-refractivity contribution in [2.45, 2.75) is 12.8 Å². The molecule has 0 unspecified atom stereocenters. The third-order valence-electron chi connectivity index (χ3n) is 3.73. The van der Waals surface area contributed by atoms with E-state index in [0.717, 1.165) is 11.3 Å². The van der Waals surface area contributed by atoms with Crippen molar-refractivity contribution in [3.63, 3.8) is 0 Å². The van der Waals surface area contributed by atoms with E-state index in [1.165, 1.54) is 19.2 Å². The number of esters is 2. The van der Waals surface area contributed by atoms with Crippen LogP contribution in [-0.4, -0.2) is 38.7 Å². The molecular formula is C20H21NO6. The second kappa shape index (κ2) is 9.96. The van der Waals surface area contributed by atoms with Gasteiger partial charge in [-0.15, -0.1) is 0 Å². The molecule has 0 aliphatic carbocycles. The second-order valence-electron chi connectivity index (χ2n) is 5.63. The minimum atomic E-state index is -0.460. The molecular weight excluding hydrogens is 350 g/mol. The first-order valence-corrected chi connectivity index (χ1v) is 8.28. The Morgan fingerprint density at radius 2 is 1.59 bits per heavy atom. The zero-order valence-electron chi connectivity index (χ0n) is 15.2. The number of hydrogen-bond acceptors (Lipinski definition) is 6. The van der Waals surface area contributed by atoms with Crippen LogP contribution in [0.3, 0.4) is 0 Å². The van der Waals surface area contributed by atoms with Crippen LogP contribution in [0, 0.1) is 0 Å². The summed E-state index contributed by atoms with van der Waals surface area (Å²) in [6.07, 6.45) is 0.687. The van der Waals surface area contributed by atoms with Gasteiger partial charge in [-0.25, -0.2) is 4.79 Å². The van der Waals surface area contributed by atoms with Crippen molar-refractivity contribution in [3.05, 3.63) is 59.7 Å². The van der Waals surface area contributed by atoms with E-state index in [2.05, 4.69) is 10.1 Å². The standard InChI is InChI=1S/C20H21NO6/c1-25-17-10-3-14(4-11-17)5-12-19(23)27-13-18(22)21-16-8-6-15(7-9-16)20(24)26-2/h3-4,6-11H,5,12-13H2,1-2H3,(H,21,22). The van der Waals surface area contributed by atoms with E-state index in [1.807, 2.05) is 24.3 Å². The molecule has 142 valence electrons. The van der Waals surface area contributed by atoms with Gasteiger partial charge < -0.3 is 19.5 Å². The molecule has 0 aliphatic rings. The van der Waals surface area contributed by atoms with Gasteiger partial charge in [-0.05, 0) is 48.4 Å². The number of anilines is 1. The lowest BCUT2D eigenvalue weighted by Crippen LogP contribution is -2.21. The lowest BCUT2D eigenvalue weighted by atomic mass is 10.1. The highest BCUT2D eigenvalue weighted by Gasteiger charge is 2.10. The van der Waals surface area contributed by atoms with Crippen molar-refractivity contribution < 1.29 is 28.6 Å². The molecule has 0 fully saturated rings. The summed E-state index contributed by atoms with van der Waals surface area (Å²) in [5, 5.41) is 2.59. The molecule has 0 aliphatic heterocycles. The predicted molar refractivity (Wildman–Crippen MR) is 98.7 cm³/mol. The van der Waals surface area contributed by atoms with E-state index in [1.54, 1.807) is 19.2 Å². The molecule has 1 amide bonds. The van der Waals surface area contributed by atoms with Crippen molar-refractivity contribution in [1.82, 2.24) is 0 Å². The minimum Gasteiger partial charge on any atom is -0.497 e. The first-order valence-electron chi connectivity index (χ1n) is 8.28. The van der Waals surface area contributed by atoms with Crippen LogP contribution in [0.1, 0.15) is 22.3 Å². The van der Waals surface area contributed by atoms with Gasteiger partial charge in [-0.2, -0.15) is 0 Å². The smallest absolute Gasteiger partial charge is 0.337 e. The summed E-state index contributed by atoms with van der Waals surface area (Å²) in [7, 11) is 2.88. The molecule has 1 N–H and O–H groups in total. The van der Waals surface area contributed by atoms with Gasteiger partial charge in [0.05, 0.1) is 19.8 Å². The lowest BCUT2D eigenvalue weighted by molar-refractivity contribution is -0.147. The van der Waals surface area contributed by atoms with Crippen LogP contribution in [0.2, 0.25) is 0 Å². The summed E-state index contributed by atoms with van der Waals surface area (Å²) in [6, 6.07) is 13.6. The first-order chi connectivity index (χ1) is 13.0. The summed E-state index contributed by atoms with van der Waals surface area (Å²) in [6.45, 7) is -0.375. The molecule has 0 atom stereocenters. The molecule has 0 radical (unpaired) electrons. The Morgan fingerprint density at radius 1 is 0.926 bits per heavy atom. The fourth-order valence-corrected chi connectivity index (χ4v) is 2.26. The highest BCUT2D eigenvalue weighted by molar-refractivity contribution is 5.94. The molecule has 0 saturated carbocycles. The summed E-state index contributed by atoms with van der Waals surface area (Å²) < 4.78 is 14.6. The van der Waals surface area contributed by atoms with Crippen LogP contribution in [0.25, 0.3) is 0 Å². The molecule has 0 spiro atoms. The van der Waals surface area contributed by atoms with Crippen LogP contribution >= 0.6 is 0 Å². The van der Waals surface area contributed by atoms with Gasteiger partial charge in [0, 0.05) is 12.1 Å². The molecule has 0 heterocycles. The molecule has 7 nitrogen and oxygen atoms in total. The quantitative estimate of drug-likeness (QED) is 0.717. The molecule has 27 heavy (non-hydrogen) atoms. The van der Waals surface area contributed by atoms with E-state index < -0.39 is 17.8 Å². The maximum Gasteiger partial charge on any atom is 0.337 e. The molecule has 2 aromatic carbocycles. The van der Waals surface area contributed by atoms with Crippen LogP contribution in [0.5, 0.6) is 5.75 Å². The molecule has 2 rings (SSSR count). The van der Waals surface area contributed by atoms with Crippen LogP contribution < -0.4 is 10.1 Å². The summed E-state index contributed by atoms with van der Waals surface area (Å²) >= 11 is 0. The zero-order valence-corrected chi connectivity index (χ0v) is 15.2. The number of carbonyl (C=O) groups excluding carboxylic acids is 3. The van der Waals surface area contributed by atoms with Gasteiger partial charge in [0.25, 0.3) is 5.91 Å². The number of methoxy groups -OCH3 is 2. The number of rotatable bonds is 8. The predicted octanol–water partition coefficient (Wildman–Crippen LogP) is 2.60. The Kier molecular flexibility index (Phi) is 7.37. The van der Waals surface area contributed by atoms with Gasteiger partial charge >= 0.3 is 11.9 Å². The number of hydrogen-bond donors (Lipinski definition) is 1. The molecule has 0 saturated heterocycles. The second-order valence-corrected chi connectivity index (χ2v) is 5.63. The van der Waals surface area contributed by atoms with E-state index in [9.17, 15) is 14.4 Å². The van der Waals surface area contributed by atoms with Crippen LogP contribution in [0.4, 0.5) is 5.69 Å². The van der Waals surface area contributed by atoms with Crippen molar-refractivity contribution in [3.8, 4) is 5.75 Å². The normalized spacial score (nSPS) is 10.0. The maximum absolute atomic E-state index is 11.8. The average molecular weight is 371 g/mol. The topological polar surface area (TPSA) is 90.9 Å². The van der Waals surface area contributed by atoms with Gasteiger partial charge in [0.15, 0.2) is 6.61 Å². The first kappa shape index (κ1) is 20.0. The monoisotopic (exact) mass is 371 g/mol. The highest BCUT2D eigenvalue weighted by atomic mass is 16.5. The zero-order chi connectivity index (χ0) is 19.6. The Bertz CT molecular complexity index is 783. The Labute approximate surface area is 157 Å². The maximum atomic E-state index is 11.8. The Hall–Kier alpha value is -3.35. The lowest BCUT2D eigenvalue weighted by Gasteiger charge is -2.07. The van der Waals surface area contributed by atoms with Crippen molar-refractivity contribution >= 4 is 23.5 Å². The molecule has 0 bridgehead atoms. The van der Waals surface area contributed by atoms with E-state index in [-0.39, 0.29) is 13.0 Å². The number of ether oxygens (including phenoxy) is 3. The van der Waals surface area contributed by atoms with Crippen molar-refractivity contribution in [1.29, 1.82) is 0 Å². The number of amides is 1. The number of nitrogens with one attached hydrogen (secondary N) is 1.